The minimum absolute atomic E-state index is 0.496. The third-order valence-electron chi connectivity index (χ3n) is 2.42. The zero-order valence-corrected chi connectivity index (χ0v) is 10.5. The van der Waals surface area contributed by atoms with E-state index in [-0.39, 0.29) is 0 Å². The van der Waals surface area contributed by atoms with Gasteiger partial charge in [-0.2, -0.15) is 0 Å². The van der Waals surface area contributed by atoms with Gasteiger partial charge in [-0.15, -0.1) is 12.6 Å². The van der Waals surface area contributed by atoms with E-state index in [4.69, 9.17) is 9.47 Å². The van der Waals surface area contributed by atoms with Crippen LogP contribution in [0.5, 0.6) is 11.5 Å². The second kappa shape index (κ2) is 5.64. The molecule has 88 valence electrons. The monoisotopic (exact) mass is 246 g/mol. The molecule has 2 aromatic carbocycles. The summed E-state index contributed by atoms with van der Waals surface area (Å²) in [5.41, 5.74) is 1.03. The SMILES string of the molecule is COc1ccccc1COc1ccc(S)cc1. The van der Waals surface area contributed by atoms with Crippen LogP contribution < -0.4 is 9.47 Å². The minimum atomic E-state index is 0.496. The summed E-state index contributed by atoms with van der Waals surface area (Å²) in [5, 5.41) is 0. The summed E-state index contributed by atoms with van der Waals surface area (Å²) >= 11 is 4.23. The molecule has 2 nitrogen and oxygen atoms in total. The number of hydrogen-bond donors (Lipinski definition) is 1. The van der Waals surface area contributed by atoms with Crippen LogP contribution in [0, 0.1) is 0 Å². The summed E-state index contributed by atoms with van der Waals surface area (Å²) < 4.78 is 10.9. The zero-order chi connectivity index (χ0) is 12.1. The van der Waals surface area contributed by atoms with Gasteiger partial charge in [0, 0.05) is 10.5 Å². The molecule has 0 fully saturated rings. The first-order chi connectivity index (χ1) is 8.29. The van der Waals surface area contributed by atoms with Gasteiger partial charge in [0.05, 0.1) is 7.11 Å². The van der Waals surface area contributed by atoms with Crippen LogP contribution in [0.25, 0.3) is 0 Å². The van der Waals surface area contributed by atoms with Crippen molar-refractivity contribution in [3.63, 3.8) is 0 Å². The highest BCUT2D eigenvalue weighted by molar-refractivity contribution is 7.80. The zero-order valence-electron chi connectivity index (χ0n) is 9.59. The van der Waals surface area contributed by atoms with Crippen LogP contribution in [0.1, 0.15) is 5.56 Å². The lowest BCUT2D eigenvalue weighted by Crippen LogP contribution is -1.98. The van der Waals surface area contributed by atoms with E-state index in [1.165, 1.54) is 0 Å². The topological polar surface area (TPSA) is 18.5 Å². The summed E-state index contributed by atoms with van der Waals surface area (Å²) in [5.74, 6) is 1.67. The number of hydrogen-bond acceptors (Lipinski definition) is 3. The van der Waals surface area contributed by atoms with Gasteiger partial charge in [0.1, 0.15) is 18.1 Å². The van der Waals surface area contributed by atoms with Crippen LogP contribution in [0.15, 0.2) is 53.4 Å². The van der Waals surface area contributed by atoms with E-state index in [9.17, 15) is 0 Å². The van der Waals surface area contributed by atoms with Gasteiger partial charge in [0.15, 0.2) is 0 Å². The summed E-state index contributed by atoms with van der Waals surface area (Å²) in [6.45, 7) is 0.496. The molecule has 0 bridgehead atoms. The molecular weight excluding hydrogens is 232 g/mol. The van der Waals surface area contributed by atoms with E-state index < -0.39 is 0 Å². The molecule has 0 heterocycles. The Morgan fingerprint density at radius 3 is 2.41 bits per heavy atom. The summed E-state index contributed by atoms with van der Waals surface area (Å²) in [6, 6.07) is 15.4. The molecule has 0 saturated carbocycles. The van der Waals surface area contributed by atoms with Crippen molar-refractivity contribution < 1.29 is 9.47 Å². The number of benzene rings is 2. The van der Waals surface area contributed by atoms with E-state index in [0.29, 0.717) is 6.61 Å². The Hall–Kier alpha value is -1.61. The Bertz CT molecular complexity index is 480. The average molecular weight is 246 g/mol. The van der Waals surface area contributed by atoms with Crippen LogP contribution in [-0.4, -0.2) is 7.11 Å². The molecular formula is C14H14O2S. The van der Waals surface area contributed by atoms with Gasteiger partial charge in [0.2, 0.25) is 0 Å². The second-order valence-electron chi connectivity index (χ2n) is 3.59. The molecule has 0 spiro atoms. The molecule has 0 saturated heterocycles. The van der Waals surface area contributed by atoms with Gasteiger partial charge in [-0.1, -0.05) is 18.2 Å². The molecule has 0 radical (unpaired) electrons. The molecule has 3 heteroatoms. The van der Waals surface area contributed by atoms with Gasteiger partial charge in [-0.05, 0) is 30.3 Å². The predicted octanol–water partition coefficient (Wildman–Crippen LogP) is 3.56. The molecule has 0 unspecified atom stereocenters. The second-order valence-corrected chi connectivity index (χ2v) is 4.11. The van der Waals surface area contributed by atoms with E-state index >= 15 is 0 Å². The normalized spacial score (nSPS) is 10.0. The third kappa shape index (κ3) is 3.17. The molecule has 0 amide bonds. The van der Waals surface area contributed by atoms with Crippen molar-refractivity contribution in [2.24, 2.45) is 0 Å². The van der Waals surface area contributed by atoms with E-state index in [2.05, 4.69) is 12.6 Å². The van der Waals surface area contributed by atoms with Gasteiger partial charge in [0.25, 0.3) is 0 Å². The number of para-hydroxylation sites is 1. The van der Waals surface area contributed by atoms with Crippen molar-refractivity contribution in [2.45, 2.75) is 11.5 Å². The average Bonchev–Trinajstić information content (AvgIpc) is 2.38. The van der Waals surface area contributed by atoms with Crippen molar-refractivity contribution in [3.8, 4) is 11.5 Å². The van der Waals surface area contributed by atoms with Crippen LogP contribution in [0.4, 0.5) is 0 Å². The van der Waals surface area contributed by atoms with Crippen molar-refractivity contribution >= 4 is 12.6 Å². The van der Waals surface area contributed by atoms with Crippen molar-refractivity contribution in [3.05, 3.63) is 54.1 Å². The fourth-order valence-corrected chi connectivity index (χ4v) is 1.67. The summed E-state index contributed by atoms with van der Waals surface area (Å²) in [4.78, 5) is 0.926. The van der Waals surface area contributed by atoms with Crippen LogP contribution in [-0.2, 0) is 6.61 Å². The van der Waals surface area contributed by atoms with E-state index in [0.717, 1.165) is 22.0 Å². The predicted molar refractivity (Wildman–Crippen MR) is 71.0 cm³/mol. The highest BCUT2D eigenvalue weighted by Gasteiger charge is 2.02. The third-order valence-corrected chi connectivity index (χ3v) is 2.72. The number of methoxy groups -OCH3 is 1. The Morgan fingerprint density at radius 2 is 1.71 bits per heavy atom. The quantitative estimate of drug-likeness (QED) is 0.831. The Balaban J connectivity index is 2.04. The molecule has 2 aromatic rings. The first-order valence-electron chi connectivity index (χ1n) is 5.33. The number of ether oxygens (including phenoxy) is 2. The maximum Gasteiger partial charge on any atom is 0.125 e. The summed E-state index contributed by atoms with van der Waals surface area (Å²) in [7, 11) is 1.66. The molecule has 0 aliphatic rings. The fourth-order valence-electron chi connectivity index (χ4n) is 1.53. The Labute approximate surface area is 107 Å². The van der Waals surface area contributed by atoms with Gasteiger partial charge >= 0.3 is 0 Å². The largest absolute Gasteiger partial charge is 0.496 e. The van der Waals surface area contributed by atoms with Crippen molar-refractivity contribution in [1.82, 2.24) is 0 Å². The molecule has 0 aromatic heterocycles. The molecule has 0 aliphatic heterocycles. The van der Waals surface area contributed by atoms with Gasteiger partial charge in [-0.3, -0.25) is 0 Å². The minimum Gasteiger partial charge on any atom is -0.496 e. The van der Waals surface area contributed by atoms with Crippen molar-refractivity contribution in [1.29, 1.82) is 0 Å². The van der Waals surface area contributed by atoms with Crippen molar-refractivity contribution in [2.75, 3.05) is 7.11 Å². The first kappa shape index (κ1) is 11.9. The fraction of sp³-hybridized carbons (Fsp3) is 0.143. The number of rotatable bonds is 4. The molecule has 0 aliphatic carbocycles. The maximum absolute atomic E-state index is 5.68. The van der Waals surface area contributed by atoms with Gasteiger partial charge in [-0.25, -0.2) is 0 Å². The Kier molecular flexibility index (Phi) is 3.94. The van der Waals surface area contributed by atoms with Crippen LogP contribution in [0.2, 0.25) is 0 Å². The van der Waals surface area contributed by atoms with E-state index in [1.807, 2.05) is 48.5 Å². The lowest BCUT2D eigenvalue weighted by molar-refractivity contribution is 0.296. The lowest BCUT2D eigenvalue weighted by atomic mass is 10.2. The van der Waals surface area contributed by atoms with E-state index in [1.54, 1.807) is 7.11 Å². The smallest absolute Gasteiger partial charge is 0.125 e. The van der Waals surface area contributed by atoms with Crippen LogP contribution in [0.3, 0.4) is 0 Å². The van der Waals surface area contributed by atoms with Gasteiger partial charge < -0.3 is 9.47 Å². The lowest BCUT2D eigenvalue weighted by Gasteiger charge is -2.10. The first-order valence-corrected chi connectivity index (χ1v) is 5.78. The molecule has 2 rings (SSSR count). The molecule has 17 heavy (non-hydrogen) atoms. The maximum atomic E-state index is 5.68. The standard InChI is InChI=1S/C14H14O2S/c1-15-14-5-3-2-4-11(14)10-16-12-6-8-13(17)9-7-12/h2-9,17H,10H2,1H3. The Morgan fingerprint density at radius 1 is 1.00 bits per heavy atom. The molecule has 0 N–H and O–H groups in total. The highest BCUT2D eigenvalue weighted by Crippen LogP contribution is 2.20. The highest BCUT2D eigenvalue weighted by atomic mass is 32.1. The molecule has 0 atom stereocenters. The van der Waals surface area contributed by atoms with Crippen LogP contribution >= 0.6 is 12.6 Å². The summed E-state index contributed by atoms with van der Waals surface area (Å²) in [6.07, 6.45) is 0. The number of thiol groups is 1.